The lowest BCUT2D eigenvalue weighted by molar-refractivity contribution is 0.590. The average Bonchev–Trinajstić information content (AvgIpc) is 3.83. The number of rotatable bonds is 2. The number of aryl methyl sites for hydroxylation is 6. The fourth-order valence-electron chi connectivity index (χ4n) is 10.6. The van der Waals surface area contributed by atoms with Gasteiger partial charge < -0.3 is 4.90 Å². The monoisotopic (exact) mass is 742 g/mol. The topological polar surface area (TPSA) is 30.8 Å². The minimum absolute atomic E-state index is 0.0263. The Bertz CT molecular complexity index is 2900. The van der Waals surface area contributed by atoms with Crippen LogP contribution in [0.15, 0.2) is 91.0 Å². The van der Waals surface area contributed by atoms with E-state index in [1.807, 2.05) is 0 Å². The number of hydrogen-bond donors (Lipinski definition) is 0. The van der Waals surface area contributed by atoms with Crippen molar-refractivity contribution in [3.05, 3.63) is 141 Å². The number of para-hydroxylation sites is 2. The van der Waals surface area contributed by atoms with E-state index in [1.54, 1.807) is 0 Å². The molecule has 57 heavy (non-hydrogen) atoms. The molecule has 7 aromatic rings. The summed E-state index contributed by atoms with van der Waals surface area (Å²) in [6.45, 7) is 25.1. The summed E-state index contributed by atoms with van der Waals surface area (Å²) in [6, 6.07) is 34.3. The maximum Gasteiger partial charge on any atom is 0.416 e. The van der Waals surface area contributed by atoms with Gasteiger partial charge in [0, 0.05) is 27.9 Å². The third-order valence-electron chi connectivity index (χ3n) is 13.6. The van der Waals surface area contributed by atoms with Crippen molar-refractivity contribution >= 4 is 86.8 Å². The number of nitrogens with zero attached hydrogens (tertiary/aromatic N) is 6. The molecule has 0 N–H and O–H groups in total. The second-order valence-electron chi connectivity index (χ2n) is 18.1. The fraction of sp³-hybridized carbons (Fsp3) is 0.245. The van der Waals surface area contributed by atoms with E-state index in [0.717, 1.165) is 16.7 Å². The summed E-state index contributed by atoms with van der Waals surface area (Å²) in [4.78, 5) is 7.84. The van der Waals surface area contributed by atoms with Crippen LogP contribution in [0.3, 0.4) is 0 Å². The van der Waals surface area contributed by atoms with Crippen LogP contribution in [-0.2, 0) is 5.41 Å². The van der Waals surface area contributed by atoms with Crippen LogP contribution in [-0.4, -0.2) is 28.4 Å². The minimum atomic E-state index is -0.180. The van der Waals surface area contributed by atoms with Crippen molar-refractivity contribution in [2.24, 2.45) is 0 Å². The Morgan fingerprint density at radius 1 is 0.526 bits per heavy atom. The summed E-state index contributed by atoms with van der Waals surface area (Å²) in [6.07, 6.45) is 0. The molecule has 0 amide bonds. The molecule has 11 rings (SSSR count). The van der Waals surface area contributed by atoms with E-state index in [0.29, 0.717) is 0 Å². The van der Waals surface area contributed by atoms with Crippen molar-refractivity contribution in [1.29, 1.82) is 0 Å². The van der Waals surface area contributed by atoms with Gasteiger partial charge in [-0.1, -0.05) is 81.4 Å². The Labute approximate surface area is 337 Å². The van der Waals surface area contributed by atoms with Crippen LogP contribution >= 0.6 is 0 Å². The molecular weight excluding hydrogens is 694 g/mol. The van der Waals surface area contributed by atoms with Crippen LogP contribution in [0, 0.1) is 55.4 Å². The highest BCUT2D eigenvalue weighted by Gasteiger charge is 2.61. The van der Waals surface area contributed by atoms with Gasteiger partial charge in [0.25, 0.3) is 0 Å². The standard InChI is InChI=1S/C49H48B2N6/c1-27-16-14-17-28(2)44(27)53-39-23-22-35(49(9,10)11)26-37(39)50-42-40(53)24-31(5)33(7)46(42)55-47-34(8)32(6)25-41-43(47)51(57(50)55)56-48(36-20-12-13-21-38(36)52-56)54(41)45-29(3)18-15-19-30(45)4/h12-26H,1-11H3. The van der Waals surface area contributed by atoms with Gasteiger partial charge in [0.05, 0.1) is 28.3 Å². The molecule has 0 fully saturated rings. The summed E-state index contributed by atoms with van der Waals surface area (Å²) in [5.41, 5.74) is 25.5. The van der Waals surface area contributed by atoms with Gasteiger partial charge in [-0.15, -0.1) is 0 Å². The van der Waals surface area contributed by atoms with E-state index in [-0.39, 0.29) is 19.2 Å². The van der Waals surface area contributed by atoms with E-state index in [2.05, 4.69) is 191 Å². The van der Waals surface area contributed by atoms with E-state index < -0.39 is 0 Å². The Kier molecular flexibility index (Phi) is 6.93. The SMILES string of the molecule is Cc1cc2c3c(c1C)N1c4c(C)c(C)cc5c4B(N1B3c1cc(C(C)(C)C)ccc1N2c1c(C)cccc1C)n1nc2ccccc2c1N5c1c(C)cccc1C. The maximum absolute atomic E-state index is 5.59. The van der Waals surface area contributed by atoms with Crippen molar-refractivity contribution < 1.29 is 0 Å². The Balaban J connectivity index is 1.30. The Morgan fingerprint density at radius 2 is 1.09 bits per heavy atom. The number of anilines is 8. The van der Waals surface area contributed by atoms with Gasteiger partial charge in [-0.2, -0.15) is 5.10 Å². The van der Waals surface area contributed by atoms with Gasteiger partial charge in [0.15, 0.2) is 0 Å². The van der Waals surface area contributed by atoms with Crippen LogP contribution in [0.5, 0.6) is 0 Å². The van der Waals surface area contributed by atoms with E-state index in [4.69, 9.17) is 5.10 Å². The molecule has 8 heteroatoms. The first kappa shape index (κ1) is 34.5. The quantitative estimate of drug-likeness (QED) is 0.165. The molecule has 280 valence electrons. The van der Waals surface area contributed by atoms with Gasteiger partial charge in [-0.3, -0.25) is 19.3 Å². The molecule has 1 aromatic heterocycles. The van der Waals surface area contributed by atoms with Gasteiger partial charge >= 0.3 is 13.8 Å². The highest BCUT2D eigenvalue weighted by Crippen LogP contribution is 2.54. The first-order valence-corrected chi connectivity index (χ1v) is 20.5. The third-order valence-corrected chi connectivity index (χ3v) is 13.6. The van der Waals surface area contributed by atoms with Crippen molar-refractivity contribution in [3.8, 4) is 0 Å². The number of hydrogen-bond acceptors (Lipinski definition) is 5. The smallest absolute Gasteiger partial charge is 0.311 e. The Hall–Kier alpha value is -5.72. The molecule has 0 saturated heterocycles. The molecule has 6 nitrogen and oxygen atoms in total. The van der Waals surface area contributed by atoms with Gasteiger partial charge in [0.1, 0.15) is 5.82 Å². The van der Waals surface area contributed by atoms with E-state index >= 15 is 0 Å². The lowest BCUT2D eigenvalue weighted by Crippen LogP contribution is -2.66. The summed E-state index contributed by atoms with van der Waals surface area (Å²) < 4.78 is 2.37. The zero-order valence-corrected chi connectivity index (χ0v) is 35.0. The van der Waals surface area contributed by atoms with E-state index in [9.17, 15) is 0 Å². The van der Waals surface area contributed by atoms with Gasteiger partial charge in [-0.05, 0) is 152 Å². The number of fused-ring (bicyclic) bond motifs is 11. The van der Waals surface area contributed by atoms with Crippen LogP contribution < -0.4 is 31.2 Å². The molecule has 0 aliphatic carbocycles. The highest BCUT2D eigenvalue weighted by atomic mass is 15.6. The first-order valence-electron chi connectivity index (χ1n) is 20.5. The number of benzene rings is 6. The molecule has 0 atom stereocenters. The highest BCUT2D eigenvalue weighted by molar-refractivity contribution is 6.98. The predicted octanol–water partition coefficient (Wildman–Crippen LogP) is 10.1. The molecule has 0 spiro atoms. The largest absolute Gasteiger partial charge is 0.416 e. The molecule has 0 unspecified atom stereocenters. The molecule has 0 radical (unpaired) electrons. The van der Waals surface area contributed by atoms with Crippen molar-refractivity contribution in [1.82, 2.24) is 14.5 Å². The summed E-state index contributed by atoms with van der Waals surface area (Å²) >= 11 is 0. The molecule has 4 aliphatic rings. The lowest BCUT2D eigenvalue weighted by atomic mass is 9.42. The lowest BCUT2D eigenvalue weighted by Gasteiger charge is -2.41. The van der Waals surface area contributed by atoms with Crippen molar-refractivity contribution in [2.45, 2.75) is 81.6 Å². The molecule has 5 heterocycles. The predicted molar refractivity (Wildman–Crippen MR) is 242 cm³/mol. The first-order chi connectivity index (χ1) is 27.3. The zero-order chi connectivity index (χ0) is 39.6. The summed E-state index contributed by atoms with van der Waals surface area (Å²) in [7, 11) is 0. The van der Waals surface area contributed by atoms with Crippen molar-refractivity contribution in [3.63, 3.8) is 0 Å². The minimum Gasteiger partial charge on any atom is -0.311 e. The van der Waals surface area contributed by atoms with Crippen LogP contribution in [0.25, 0.3) is 10.9 Å². The van der Waals surface area contributed by atoms with Gasteiger partial charge in [-0.25, -0.2) is 0 Å². The van der Waals surface area contributed by atoms with Crippen molar-refractivity contribution in [2.75, 3.05) is 14.8 Å². The third kappa shape index (κ3) is 4.34. The molecular formula is C49H48B2N6. The number of hydrazine groups is 1. The molecule has 0 saturated carbocycles. The Morgan fingerprint density at radius 3 is 1.70 bits per heavy atom. The van der Waals surface area contributed by atoms with Crippen LogP contribution in [0.1, 0.15) is 70.8 Å². The molecule has 6 aromatic carbocycles. The summed E-state index contributed by atoms with van der Waals surface area (Å²) in [5.74, 6) is 1.12. The normalized spacial score (nSPS) is 15.0. The van der Waals surface area contributed by atoms with Gasteiger partial charge in [0.2, 0.25) is 0 Å². The molecule has 4 aliphatic heterocycles. The van der Waals surface area contributed by atoms with Crippen LogP contribution in [0.4, 0.5) is 45.6 Å². The average molecular weight is 743 g/mol. The van der Waals surface area contributed by atoms with Crippen LogP contribution in [0.2, 0.25) is 0 Å². The zero-order valence-electron chi connectivity index (χ0n) is 35.0. The molecule has 0 bridgehead atoms. The fourth-order valence-corrected chi connectivity index (χ4v) is 10.6. The second-order valence-corrected chi connectivity index (χ2v) is 18.1. The summed E-state index contributed by atoms with van der Waals surface area (Å²) in [5, 5.41) is 9.40. The maximum atomic E-state index is 5.59. The second kappa shape index (κ2) is 11.4. The number of aromatic nitrogens is 2. The van der Waals surface area contributed by atoms with E-state index in [1.165, 1.54) is 106 Å².